The molecular formula is C31H31FN4O7. The molecule has 0 aromatic heterocycles. The summed E-state index contributed by atoms with van der Waals surface area (Å²) in [5, 5.41) is 9.28. The Morgan fingerprint density at radius 1 is 1.05 bits per heavy atom. The maximum absolute atomic E-state index is 13.1. The van der Waals surface area contributed by atoms with E-state index in [4.69, 9.17) is 18.9 Å². The van der Waals surface area contributed by atoms with E-state index >= 15 is 0 Å². The number of methoxy groups -OCH3 is 1. The van der Waals surface area contributed by atoms with Gasteiger partial charge in [-0.3, -0.25) is 4.79 Å². The van der Waals surface area contributed by atoms with Crippen LogP contribution in [0.1, 0.15) is 36.6 Å². The number of allylic oxidation sites excluding steroid dienone is 1. The Morgan fingerprint density at radius 2 is 1.84 bits per heavy atom. The maximum atomic E-state index is 13.1. The lowest BCUT2D eigenvalue weighted by molar-refractivity contribution is -0.139. The lowest BCUT2D eigenvalue weighted by Crippen LogP contribution is -2.45. The smallest absolute Gasteiger partial charge is 0.338 e. The number of amides is 3. The molecule has 3 amide bonds. The number of nitrogens with zero attached hydrogens (tertiary/aromatic N) is 1. The van der Waals surface area contributed by atoms with Crippen LogP contribution in [0, 0.1) is 5.82 Å². The summed E-state index contributed by atoms with van der Waals surface area (Å²) in [5.74, 6) is -0.232. The number of halogens is 1. The lowest BCUT2D eigenvalue weighted by Gasteiger charge is -2.28. The van der Waals surface area contributed by atoms with Crippen LogP contribution in [-0.4, -0.2) is 44.4 Å². The van der Waals surface area contributed by atoms with E-state index in [-0.39, 0.29) is 37.0 Å². The second kappa shape index (κ2) is 14.5. The summed E-state index contributed by atoms with van der Waals surface area (Å²) in [4.78, 5) is 37.1. The second-order valence-electron chi connectivity index (χ2n) is 9.27. The lowest BCUT2D eigenvalue weighted by atomic mass is 9.95. The maximum Gasteiger partial charge on any atom is 0.338 e. The molecule has 1 heterocycles. The minimum Gasteiger partial charge on any atom is -0.493 e. The van der Waals surface area contributed by atoms with Crippen molar-refractivity contribution in [2.24, 2.45) is 5.10 Å². The third-order valence-electron chi connectivity index (χ3n) is 6.22. The number of nitrogens with one attached hydrogen (secondary N) is 3. The normalized spacial score (nSPS) is 14.5. The zero-order chi connectivity index (χ0) is 30.8. The first-order valence-electron chi connectivity index (χ1n) is 13.3. The molecule has 0 aliphatic carbocycles. The molecule has 3 aromatic rings. The van der Waals surface area contributed by atoms with Crippen molar-refractivity contribution in [3.05, 3.63) is 101 Å². The molecule has 1 aliphatic heterocycles. The largest absolute Gasteiger partial charge is 0.493 e. The highest BCUT2D eigenvalue weighted by Gasteiger charge is 2.32. The van der Waals surface area contributed by atoms with Crippen LogP contribution in [0.15, 0.2) is 83.1 Å². The summed E-state index contributed by atoms with van der Waals surface area (Å²) in [7, 11) is 1.43. The van der Waals surface area contributed by atoms with Crippen molar-refractivity contribution in [1.29, 1.82) is 0 Å². The minimum absolute atomic E-state index is 0.179. The van der Waals surface area contributed by atoms with E-state index in [2.05, 4.69) is 21.2 Å². The SMILES string of the molecule is CCOC(=O)C1=C(C)NC(=O)N[C@H]1c1ccc(OCC(=O)N/N=C/c2cccc(OCc3ccc(F)cc3)c2)c(OC)c1. The van der Waals surface area contributed by atoms with Gasteiger partial charge in [-0.1, -0.05) is 30.3 Å². The topological polar surface area (TPSA) is 137 Å². The standard InChI is InChI=1S/C31H31FN4O7/c1-4-41-30(38)28-19(2)34-31(39)35-29(28)22-10-13-25(26(15-22)40-3)43-18-27(37)36-33-16-21-6-5-7-24(14-21)42-17-20-8-11-23(32)12-9-20/h5-16,29H,4,17-18H2,1-3H3,(H,36,37)(H2,34,35,39)/b33-16+/t29-/m0/s1. The highest BCUT2D eigenvalue weighted by atomic mass is 19.1. The number of hydrazone groups is 1. The van der Waals surface area contributed by atoms with Crippen molar-refractivity contribution in [3.63, 3.8) is 0 Å². The Kier molecular flexibility index (Phi) is 10.3. The molecule has 0 unspecified atom stereocenters. The molecule has 4 rings (SSSR count). The number of ether oxygens (including phenoxy) is 4. The minimum atomic E-state index is -0.778. The Balaban J connectivity index is 1.33. The first-order chi connectivity index (χ1) is 20.8. The van der Waals surface area contributed by atoms with Crippen molar-refractivity contribution in [1.82, 2.24) is 16.1 Å². The van der Waals surface area contributed by atoms with Gasteiger partial charge >= 0.3 is 12.0 Å². The van der Waals surface area contributed by atoms with Gasteiger partial charge in [-0.05, 0) is 66.9 Å². The molecule has 0 bridgehead atoms. The first-order valence-corrected chi connectivity index (χ1v) is 13.3. The van der Waals surface area contributed by atoms with Crippen LogP contribution in [0.25, 0.3) is 0 Å². The van der Waals surface area contributed by atoms with Crippen LogP contribution in [0.2, 0.25) is 0 Å². The number of hydrogen-bond donors (Lipinski definition) is 3. The van der Waals surface area contributed by atoms with Gasteiger partial charge in [0.2, 0.25) is 0 Å². The van der Waals surface area contributed by atoms with E-state index in [1.165, 1.54) is 25.5 Å². The molecule has 43 heavy (non-hydrogen) atoms. The van der Waals surface area contributed by atoms with E-state index in [0.717, 1.165) is 5.56 Å². The molecule has 0 saturated carbocycles. The van der Waals surface area contributed by atoms with Crippen molar-refractivity contribution in [3.8, 4) is 17.2 Å². The fraction of sp³-hybridized carbons (Fsp3) is 0.226. The Bertz CT molecular complexity index is 1540. The van der Waals surface area contributed by atoms with Gasteiger partial charge in [0.25, 0.3) is 5.91 Å². The number of urea groups is 1. The van der Waals surface area contributed by atoms with Crippen LogP contribution in [-0.2, 0) is 20.9 Å². The molecule has 0 fully saturated rings. The van der Waals surface area contributed by atoms with Crippen LogP contribution in [0.5, 0.6) is 17.2 Å². The zero-order valence-corrected chi connectivity index (χ0v) is 23.8. The zero-order valence-electron chi connectivity index (χ0n) is 23.8. The van der Waals surface area contributed by atoms with Gasteiger partial charge in [-0.2, -0.15) is 5.10 Å². The summed E-state index contributed by atoms with van der Waals surface area (Å²) >= 11 is 0. The van der Waals surface area contributed by atoms with Crippen molar-refractivity contribution >= 4 is 24.1 Å². The first kappa shape index (κ1) is 30.6. The van der Waals surface area contributed by atoms with Crippen LogP contribution in [0.4, 0.5) is 9.18 Å². The van der Waals surface area contributed by atoms with Gasteiger partial charge in [-0.25, -0.2) is 19.4 Å². The van der Waals surface area contributed by atoms with Gasteiger partial charge in [-0.15, -0.1) is 0 Å². The van der Waals surface area contributed by atoms with E-state index < -0.39 is 23.9 Å². The molecule has 0 saturated heterocycles. The van der Waals surface area contributed by atoms with Crippen LogP contribution >= 0.6 is 0 Å². The summed E-state index contributed by atoms with van der Waals surface area (Å²) in [6.45, 7) is 3.41. The number of benzene rings is 3. The number of carbonyl (C=O) groups is 3. The number of esters is 1. The molecule has 0 spiro atoms. The predicted octanol–water partition coefficient (Wildman–Crippen LogP) is 4.13. The summed E-state index contributed by atoms with van der Waals surface area (Å²) < 4.78 is 35.0. The summed E-state index contributed by atoms with van der Waals surface area (Å²) in [5.41, 5.74) is 5.11. The third-order valence-corrected chi connectivity index (χ3v) is 6.22. The fourth-order valence-electron chi connectivity index (χ4n) is 4.19. The van der Waals surface area contributed by atoms with Crippen LogP contribution in [0.3, 0.4) is 0 Å². The molecule has 224 valence electrons. The Hall–Kier alpha value is -5.39. The van der Waals surface area contributed by atoms with Gasteiger partial charge in [0.15, 0.2) is 18.1 Å². The monoisotopic (exact) mass is 590 g/mol. The Labute approximate surface area is 247 Å². The third kappa shape index (κ3) is 8.32. The highest BCUT2D eigenvalue weighted by Crippen LogP contribution is 2.34. The fourth-order valence-corrected chi connectivity index (χ4v) is 4.19. The predicted molar refractivity (Wildman–Crippen MR) is 155 cm³/mol. The summed E-state index contributed by atoms with van der Waals surface area (Å²) in [6.07, 6.45) is 1.46. The number of rotatable bonds is 12. The number of hydrogen-bond acceptors (Lipinski definition) is 8. The average Bonchev–Trinajstić information content (AvgIpc) is 2.99. The average molecular weight is 591 g/mol. The van der Waals surface area contributed by atoms with E-state index in [1.807, 2.05) is 0 Å². The van der Waals surface area contributed by atoms with E-state index in [1.54, 1.807) is 68.4 Å². The van der Waals surface area contributed by atoms with Gasteiger partial charge in [0, 0.05) is 5.70 Å². The van der Waals surface area contributed by atoms with Crippen molar-refractivity contribution in [2.75, 3.05) is 20.3 Å². The number of carbonyl (C=O) groups excluding carboxylic acids is 3. The second-order valence-corrected chi connectivity index (χ2v) is 9.27. The highest BCUT2D eigenvalue weighted by molar-refractivity contribution is 5.95. The van der Waals surface area contributed by atoms with Gasteiger partial charge in [0.1, 0.15) is 18.2 Å². The van der Waals surface area contributed by atoms with Gasteiger partial charge < -0.3 is 29.6 Å². The van der Waals surface area contributed by atoms with Gasteiger partial charge in [0.05, 0.1) is 31.5 Å². The molecule has 1 atom stereocenters. The Morgan fingerprint density at radius 3 is 2.58 bits per heavy atom. The van der Waals surface area contributed by atoms with Crippen LogP contribution < -0.4 is 30.3 Å². The molecule has 0 radical (unpaired) electrons. The van der Waals surface area contributed by atoms with Crippen molar-refractivity contribution in [2.45, 2.75) is 26.5 Å². The molecule has 3 N–H and O–H groups in total. The van der Waals surface area contributed by atoms with E-state index in [0.29, 0.717) is 28.3 Å². The quantitative estimate of drug-likeness (QED) is 0.164. The van der Waals surface area contributed by atoms with E-state index in [9.17, 15) is 18.8 Å². The molecule has 12 heteroatoms. The summed E-state index contributed by atoms with van der Waals surface area (Å²) in [6, 6.07) is 16.7. The molecule has 3 aromatic carbocycles. The molecular weight excluding hydrogens is 559 g/mol. The molecule has 1 aliphatic rings. The molecule has 11 nitrogen and oxygen atoms in total. The van der Waals surface area contributed by atoms with Crippen molar-refractivity contribution < 1.29 is 37.7 Å².